The Hall–Kier alpha value is -2.53. The van der Waals surface area contributed by atoms with E-state index in [1.54, 1.807) is 41.3 Å². The predicted octanol–water partition coefficient (Wildman–Crippen LogP) is 2.84. The smallest absolute Gasteiger partial charge is 0.253 e. The number of halogens is 1. The van der Waals surface area contributed by atoms with Gasteiger partial charge in [-0.05, 0) is 42.3 Å². The summed E-state index contributed by atoms with van der Waals surface area (Å²) in [5, 5.41) is 0.547. The lowest BCUT2D eigenvalue weighted by atomic mass is 10.1. The number of carbonyl (C=O) groups is 2. The van der Waals surface area contributed by atoms with Gasteiger partial charge < -0.3 is 15.5 Å². The van der Waals surface area contributed by atoms with Crippen LogP contribution in [0.4, 0.5) is 5.69 Å². The first kappa shape index (κ1) is 18.3. The van der Waals surface area contributed by atoms with E-state index in [1.807, 2.05) is 17.0 Å². The van der Waals surface area contributed by atoms with Gasteiger partial charge in [0.2, 0.25) is 5.91 Å². The summed E-state index contributed by atoms with van der Waals surface area (Å²) in [6.07, 6.45) is 1.11. The normalized spacial score (nSPS) is 14.8. The van der Waals surface area contributed by atoms with Gasteiger partial charge in [0.25, 0.3) is 5.91 Å². The van der Waals surface area contributed by atoms with Crippen LogP contribution in [0, 0.1) is 0 Å². The third-order valence-electron chi connectivity index (χ3n) is 4.54. The standard InChI is InChI=1S/C20H22ClN3O2/c21-17-4-1-3-16(14-17)20(26)24-10-2-9-23(11-12-24)19(25)13-15-5-7-18(22)8-6-15/h1,3-8,14H,2,9-13,22H2. The van der Waals surface area contributed by atoms with E-state index in [2.05, 4.69) is 0 Å². The second-order valence-electron chi connectivity index (χ2n) is 6.46. The van der Waals surface area contributed by atoms with Crippen LogP contribution in [0.2, 0.25) is 5.02 Å². The number of nitrogens with zero attached hydrogens (tertiary/aromatic N) is 2. The van der Waals surface area contributed by atoms with E-state index < -0.39 is 0 Å². The van der Waals surface area contributed by atoms with E-state index in [0.717, 1.165) is 12.0 Å². The molecular formula is C20H22ClN3O2. The van der Waals surface area contributed by atoms with E-state index in [9.17, 15) is 9.59 Å². The molecule has 136 valence electrons. The van der Waals surface area contributed by atoms with Crippen LogP contribution >= 0.6 is 11.6 Å². The first-order valence-electron chi connectivity index (χ1n) is 8.70. The van der Waals surface area contributed by atoms with Gasteiger partial charge in [-0.15, -0.1) is 0 Å². The highest BCUT2D eigenvalue weighted by molar-refractivity contribution is 6.30. The topological polar surface area (TPSA) is 66.6 Å². The summed E-state index contributed by atoms with van der Waals surface area (Å²) in [7, 11) is 0. The number of anilines is 1. The number of carbonyl (C=O) groups excluding carboxylic acids is 2. The molecule has 26 heavy (non-hydrogen) atoms. The van der Waals surface area contributed by atoms with E-state index in [0.29, 0.717) is 48.9 Å². The fourth-order valence-electron chi connectivity index (χ4n) is 3.10. The number of rotatable bonds is 3. The molecule has 2 amide bonds. The zero-order valence-corrected chi connectivity index (χ0v) is 15.3. The predicted molar refractivity (Wildman–Crippen MR) is 103 cm³/mol. The minimum absolute atomic E-state index is 0.0414. The van der Waals surface area contributed by atoms with Crippen molar-refractivity contribution in [2.45, 2.75) is 12.8 Å². The summed E-state index contributed by atoms with van der Waals surface area (Å²) in [6, 6.07) is 14.3. The van der Waals surface area contributed by atoms with Crippen LogP contribution in [-0.4, -0.2) is 47.8 Å². The van der Waals surface area contributed by atoms with Crippen molar-refractivity contribution in [3.63, 3.8) is 0 Å². The van der Waals surface area contributed by atoms with Crippen molar-refractivity contribution in [1.82, 2.24) is 9.80 Å². The monoisotopic (exact) mass is 371 g/mol. The first-order chi connectivity index (χ1) is 12.5. The van der Waals surface area contributed by atoms with Gasteiger partial charge in [0, 0.05) is 42.5 Å². The molecule has 0 saturated carbocycles. The molecule has 2 N–H and O–H groups in total. The van der Waals surface area contributed by atoms with E-state index in [1.165, 1.54) is 0 Å². The second kappa shape index (κ2) is 8.23. The molecule has 1 aliphatic rings. The molecule has 5 nitrogen and oxygen atoms in total. The van der Waals surface area contributed by atoms with E-state index in [-0.39, 0.29) is 11.8 Å². The maximum absolute atomic E-state index is 12.7. The summed E-state index contributed by atoms with van der Waals surface area (Å²) in [6.45, 7) is 2.36. The molecule has 0 unspecified atom stereocenters. The third kappa shape index (κ3) is 4.55. The Bertz CT molecular complexity index is 792. The summed E-state index contributed by atoms with van der Waals surface area (Å²) in [5.41, 5.74) is 7.89. The molecule has 1 saturated heterocycles. The van der Waals surface area contributed by atoms with Gasteiger partial charge in [-0.2, -0.15) is 0 Å². The van der Waals surface area contributed by atoms with Gasteiger partial charge >= 0.3 is 0 Å². The summed E-state index contributed by atoms with van der Waals surface area (Å²) >= 11 is 5.98. The summed E-state index contributed by atoms with van der Waals surface area (Å²) < 4.78 is 0. The number of benzene rings is 2. The zero-order chi connectivity index (χ0) is 18.5. The molecule has 2 aromatic rings. The maximum Gasteiger partial charge on any atom is 0.253 e. The Morgan fingerprint density at radius 1 is 0.962 bits per heavy atom. The number of hydrogen-bond donors (Lipinski definition) is 1. The molecule has 0 bridgehead atoms. The SMILES string of the molecule is Nc1ccc(CC(=O)N2CCCN(C(=O)c3cccc(Cl)c3)CC2)cc1. The number of nitrogen functional groups attached to an aromatic ring is 1. The lowest BCUT2D eigenvalue weighted by Gasteiger charge is -2.22. The first-order valence-corrected chi connectivity index (χ1v) is 9.08. The largest absolute Gasteiger partial charge is 0.399 e. The highest BCUT2D eigenvalue weighted by Crippen LogP contribution is 2.15. The Labute approximate surface area is 158 Å². The molecule has 0 aromatic heterocycles. The van der Waals surface area contributed by atoms with Gasteiger partial charge in [0.1, 0.15) is 0 Å². The lowest BCUT2D eigenvalue weighted by molar-refractivity contribution is -0.130. The quantitative estimate of drug-likeness (QED) is 0.843. The van der Waals surface area contributed by atoms with Crippen molar-refractivity contribution in [3.05, 3.63) is 64.7 Å². The molecule has 0 aliphatic carbocycles. The van der Waals surface area contributed by atoms with Crippen LogP contribution in [0.15, 0.2) is 48.5 Å². The average Bonchev–Trinajstić information content (AvgIpc) is 2.89. The van der Waals surface area contributed by atoms with Gasteiger partial charge in [-0.1, -0.05) is 29.8 Å². The lowest BCUT2D eigenvalue weighted by Crippen LogP contribution is -2.38. The van der Waals surface area contributed by atoms with Gasteiger partial charge in [-0.3, -0.25) is 9.59 Å². The zero-order valence-electron chi connectivity index (χ0n) is 14.5. The molecule has 1 heterocycles. The summed E-state index contributed by atoms with van der Waals surface area (Å²) in [5.74, 6) is 0.0344. The highest BCUT2D eigenvalue weighted by atomic mass is 35.5. The molecule has 6 heteroatoms. The van der Waals surface area contributed by atoms with Crippen LogP contribution in [0.1, 0.15) is 22.3 Å². The average molecular weight is 372 g/mol. The molecule has 0 spiro atoms. The van der Waals surface area contributed by atoms with Crippen molar-refractivity contribution in [2.24, 2.45) is 0 Å². The minimum Gasteiger partial charge on any atom is -0.399 e. The fraction of sp³-hybridized carbons (Fsp3) is 0.300. The van der Waals surface area contributed by atoms with Gasteiger partial charge in [-0.25, -0.2) is 0 Å². The minimum atomic E-state index is -0.0414. The molecule has 0 radical (unpaired) electrons. The van der Waals surface area contributed by atoms with Crippen molar-refractivity contribution >= 4 is 29.1 Å². The molecule has 0 atom stereocenters. The number of hydrogen-bond acceptors (Lipinski definition) is 3. The van der Waals surface area contributed by atoms with Crippen molar-refractivity contribution in [3.8, 4) is 0 Å². The van der Waals surface area contributed by atoms with Crippen LogP contribution in [0.3, 0.4) is 0 Å². The van der Waals surface area contributed by atoms with Gasteiger partial charge in [0.15, 0.2) is 0 Å². The fourth-order valence-corrected chi connectivity index (χ4v) is 3.29. The summed E-state index contributed by atoms with van der Waals surface area (Å²) in [4.78, 5) is 28.9. The van der Waals surface area contributed by atoms with Crippen LogP contribution < -0.4 is 5.73 Å². The maximum atomic E-state index is 12.7. The third-order valence-corrected chi connectivity index (χ3v) is 4.78. The Morgan fingerprint density at radius 3 is 2.38 bits per heavy atom. The van der Waals surface area contributed by atoms with Crippen LogP contribution in [0.5, 0.6) is 0 Å². The Morgan fingerprint density at radius 2 is 1.65 bits per heavy atom. The molecular weight excluding hydrogens is 350 g/mol. The number of nitrogens with two attached hydrogens (primary N) is 1. The van der Waals surface area contributed by atoms with Crippen LogP contribution in [0.25, 0.3) is 0 Å². The van der Waals surface area contributed by atoms with Crippen molar-refractivity contribution in [2.75, 3.05) is 31.9 Å². The van der Waals surface area contributed by atoms with Crippen LogP contribution in [-0.2, 0) is 11.2 Å². The second-order valence-corrected chi connectivity index (χ2v) is 6.89. The van der Waals surface area contributed by atoms with E-state index in [4.69, 9.17) is 17.3 Å². The molecule has 2 aromatic carbocycles. The highest BCUT2D eigenvalue weighted by Gasteiger charge is 2.23. The Balaban J connectivity index is 1.59. The Kier molecular flexibility index (Phi) is 5.78. The number of amides is 2. The van der Waals surface area contributed by atoms with Crippen molar-refractivity contribution in [1.29, 1.82) is 0 Å². The molecule has 1 aliphatic heterocycles. The van der Waals surface area contributed by atoms with Gasteiger partial charge in [0.05, 0.1) is 6.42 Å². The van der Waals surface area contributed by atoms with Crippen molar-refractivity contribution < 1.29 is 9.59 Å². The molecule has 3 rings (SSSR count). The van der Waals surface area contributed by atoms with E-state index >= 15 is 0 Å². The molecule has 1 fully saturated rings.